The second-order valence-corrected chi connectivity index (χ2v) is 7.07. The molecule has 1 aromatic carbocycles. The van der Waals surface area contributed by atoms with Gasteiger partial charge >= 0.3 is 0 Å². The number of unbranched alkanes of at least 4 members (excludes halogenated alkanes) is 1. The summed E-state index contributed by atoms with van der Waals surface area (Å²) in [7, 11) is 0. The van der Waals surface area contributed by atoms with Gasteiger partial charge in [-0.25, -0.2) is 0 Å². The Bertz CT molecular complexity index is 721. The zero-order chi connectivity index (χ0) is 18.0. The molecule has 0 spiro atoms. The number of ether oxygens (including phenoxy) is 1. The molecule has 2 atom stereocenters. The van der Waals surface area contributed by atoms with Crippen molar-refractivity contribution in [3.05, 3.63) is 58.5 Å². The molecule has 134 valence electrons. The molecule has 0 fully saturated rings. The van der Waals surface area contributed by atoms with E-state index in [0.717, 1.165) is 37.4 Å². The third-order valence-corrected chi connectivity index (χ3v) is 4.95. The Morgan fingerprint density at radius 1 is 1.24 bits per heavy atom. The van der Waals surface area contributed by atoms with Crippen LogP contribution in [0.5, 0.6) is 0 Å². The molecule has 0 aliphatic carbocycles. The zero-order valence-corrected chi connectivity index (χ0v) is 15.6. The lowest BCUT2D eigenvalue weighted by atomic mass is 10.0. The molecule has 0 radical (unpaired) electrons. The number of benzene rings is 1. The van der Waals surface area contributed by atoms with Crippen molar-refractivity contribution in [3.63, 3.8) is 0 Å². The van der Waals surface area contributed by atoms with Gasteiger partial charge in [-0.05, 0) is 50.5 Å². The molecule has 25 heavy (non-hydrogen) atoms. The van der Waals surface area contributed by atoms with Crippen molar-refractivity contribution < 1.29 is 9.53 Å². The first-order valence-electron chi connectivity index (χ1n) is 9.17. The summed E-state index contributed by atoms with van der Waals surface area (Å²) in [6.07, 6.45) is 6.11. The molecule has 2 heterocycles. The van der Waals surface area contributed by atoms with Crippen molar-refractivity contribution in [1.29, 1.82) is 0 Å². The Balaban J connectivity index is 1.82. The van der Waals surface area contributed by atoms with Crippen LogP contribution >= 0.6 is 0 Å². The SMILES string of the molecule is CCCCNC(=O)C1=CC2OC(C)=CC2N1Cc1cc(C)ccc1C. The Morgan fingerprint density at radius 3 is 2.80 bits per heavy atom. The number of allylic oxidation sites excluding steroid dienone is 1. The van der Waals surface area contributed by atoms with E-state index in [0.29, 0.717) is 0 Å². The van der Waals surface area contributed by atoms with E-state index >= 15 is 0 Å². The van der Waals surface area contributed by atoms with Gasteiger partial charge in [-0.2, -0.15) is 0 Å². The highest BCUT2D eigenvalue weighted by Gasteiger charge is 2.40. The van der Waals surface area contributed by atoms with E-state index in [1.165, 1.54) is 16.7 Å². The molecule has 1 amide bonds. The van der Waals surface area contributed by atoms with E-state index in [9.17, 15) is 4.79 Å². The van der Waals surface area contributed by atoms with E-state index in [2.05, 4.69) is 55.3 Å². The van der Waals surface area contributed by atoms with E-state index in [-0.39, 0.29) is 18.1 Å². The molecule has 1 N–H and O–H groups in total. The Kier molecular flexibility index (Phi) is 5.16. The van der Waals surface area contributed by atoms with Crippen LogP contribution in [0.2, 0.25) is 0 Å². The number of carbonyl (C=O) groups excluding carboxylic acids is 1. The number of fused-ring (bicyclic) bond motifs is 1. The average molecular weight is 340 g/mol. The first-order valence-corrected chi connectivity index (χ1v) is 9.17. The lowest BCUT2D eigenvalue weighted by Crippen LogP contribution is -2.38. The first kappa shape index (κ1) is 17.6. The lowest BCUT2D eigenvalue weighted by molar-refractivity contribution is -0.119. The van der Waals surface area contributed by atoms with Gasteiger partial charge in [0, 0.05) is 13.1 Å². The Morgan fingerprint density at radius 2 is 2.04 bits per heavy atom. The summed E-state index contributed by atoms with van der Waals surface area (Å²) in [5.41, 5.74) is 4.48. The predicted octanol–water partition coefficient (Wildman–Crippen LogP) is 3.59. The first-order chi connectivity index (χ1) is 12.0. The van der Waals surface area contributed by atoms with Crippen LogP contribution in [0.25, 0.3) is 0 Å². The van der Waals surface area contributed by atoms with Crippen LogP contribution in [0.3, 0.4) is 0 Å². The molecule has 0 bridgehead atoms. The molecular formula is C21H28N2O2. The fourth-order valence-corrected chi connectivity index (χ4v) is 3.49. The molecule has 2 aliphatic rings. The van der Waals surface area contributed by atoms with Crippen LogP contribution in [0.1, 0.15) is 43.4 Å². The summed E-state index contributed by atoms with van der Waals surface area (Å²) in [5.74, 6) is 0.936. The fraction of sp³-hybridized carbons (Fsp3) is 0.476. The zero-order valence-electron chi connectivity index (χ0n) is 15.6. The van der Waals surface area contributed by atoms with Crippen LogP contribution in [0.4, 0.5) is 0 Å². The second kappa shape index (κ2) is 7.34. The lowest BCUT2D eigenvalue weighted by Gasteiger charge is -2.28. The van der Waals surface area contributed by atoms with Crippen LogP contribution in [-0.4, -0.2) is 29.5 Å². The van der Waals surface area contributed by atoms with Crippen LogP contribution < -0.4 is 5.32 Å². The number of hydrogen-bond acceptors (Lipinski definition) is 3. The Labute approximate surface area is 150 Å². The molecule has 0 saturated carbocycles. The molecule has 0 aromatic heterocycles. The minimum Gasteiger partial charge on any atom is -0.489 e. The summed E-state index contributed by atoms with van der Waals surface area (Å²) >= 11 is 0. The summed E-state index contributed by atoms with van der Waals surface area (Å²) in [4.78, 5) is 14.9. The maximum absolute atomic E-state index is 12.7. The molecule has 2 unspecified atom stereocenters. The van der Waals surface area contributed by atoms with E-state index < -0.39 is 0 Å². The van der Waals surface area contributed by atoms with Gasteiger partial charge in [0.25, 0.3) is 5.91 Å². The highest BCUT2D eigenvalue weighted by atomic mass is 16.5. The summed E-state index contributed by atoms with van der Waals surface area (Å²) in [6, 6.07) is 6.59. The van der Waals surface area contributed by atoms with Crippen LogP contribution in [0, 0.1) is 13.8 Å². The van der Waals surface area contributed by atoms with Gasteiger partial charge in [-0.15, -0.1) is 0 Å². The monoisotopic (exact) mass is 340 g/mol. The summed E-state index contributed by atoms with van der Waals surface area (Å²) < 4.78 is 5.88. The molecular weight excluding hydrogens is 312 g/mol. The largest absolute Gasteiger partial charge is 0.489 e. The van der Waals surface area contributed by atoms with E-state index in [1.54, 1.807) is 0 Å². The highest BCUT2D eigenvalue weighted by molar-refractivity contribution is 5.93. The van der Waals surface area contributed by atoms with Crippen molar-refractivity contribution >= 4 is 5.91 Å². The molecule has 1 aromatic rings. The minimum atomic E-state index is -0.0583. The van der Waals surface area contributed by atoms with Gasteiger partial charge in [-0.1, -0.05) is 37.1 Å². The van der Waals surface area contributed by atoms with Crippen molar-refractivity contribution in [3.8, 4) is 0 Å². The van der Waals surface area contributed by atoms with E-state index in [1.807, 2.05) is 13.0 Å². The van der Waals surface area contributed by atoms with Gasteiger partial charge in [0.15, 0.2) is 0 Å². The highest BCUT2D eigenvalue weighted by Crippen LogP contribution is 2.34. The standard InChI is InChI=1S/C21H28N2O2/c1-5-6-9-22-21(24)19-12-20-18(11-16(4)25-20)23(19)13-17-10-14(2)7-8-15(17)3/h7-8,10-12,18,20H,5-6,9,13H2,1-4H3,(H,22,24). The number of aryl methyl sites for hydroxylation is 2. The fourth-order valence-electron chi connectivity index (χ4n) is 3.49. The van der Waals surface area contributed by atoms with Crippen molar-refractivity contribution in [1.82, 2.24) is 10.2 Å². The van der Waals surface area contributed by atoms with Crippen molar-refractivity contribution in [2.75, 3.05) is 6.54 Å². The average Bonchev–Trinajstić information content (AvgIpc) is 3.08. The van der Waals surface area contributed by atoms with Crippen LogP contribution in [0.15, 0.2) is 41.8 Å². The summed E-state index contributed by atoms with van der Waals surface area (Å²) in [6.45, 7) is 9.76. The van der Waals surface area contributed by atoms with Gasteiger partial charge in [-0.3, -0.25) is 4.79 Å². The number of rotatable bonds is 6. The number of nitrogens with zero attached hydrogens (tertiary/aromatic N) is 1. The normalized spacial score (nSPS) is 21.5. The third kappa shape index (κ3) is 3.73. The number of hydrogen-bond donors (Lipinski definition) is 1. The molecule has 3 rings (SSSR count). The van der Waals surface area contributed by atoms with Crippen molar-refractivity contribution in [2.24, 2.45) is 0 Å². The maximum Gasteiger partial charge on any atom is 0.267 e. The number of amides is 1. The number of nitrogens with one attached hydrogen (secondary N) is 1. The number of carbonyl (C=O) groups is 1. The second-order valence-electron chi connectivity index (χ2n) is 7.07. The topological polar surface area (TPSA) is 41.6 Å². The third-order valence-electron chi connectivity index (χ3n) is 4.95. The maximum atomic E-state index is 12.7. The van der Waals surface area contributed by atoms with Crippen LogP contribution in [-0.2, 0) is 16.1 Å². The van der Waals surface area contributed by atoms with Gasteiger partial charge < -0.3 is 15.0 Å². The summed E-state index contributed by atoms with van der Waals surface area (Å²) in [5, 5.41) is 3.04. The van der Waals surface area contributed by atoms with Gasteiger partial charge in [0.2, 0.25) is 0 Å². The molecule has 2 aliphatic heterocycles. The quantitative estimate of drug-likeness (QED) is 0.805. The predicted molar refractivity (Wildman–Crippen MR) is 99.9 cm³/mol. The van der Waals surface area contributed by atoms with Gasteiger partial charge in [0.1, 0.15) is 11.8 Å². The van der Waals surface area contributed by atoms with E-state index in [4.69, 9.17) is 4.74 Å². The molecule has 4 heteroatoms. The minimum absolute atomic E-state index is 0.00260. The molecule has 4 nitrogen and oxygen atoms in total. The van der Waals surface area contributed by atoms with Crippen molar-refractivity contribution in [2.45, 2.75) is 59.2 Å². The molecule has 0 saturated heterocycles. The Hall–Kier alpha value is -2.23. The van der Waals surface area contributed by atoms with Gasteiger partial charge in [0.05, 0.1) is 11.8 Å². The smallest absolute Gasteiger partial charge is 0.267 e.